The van der Waals surface area contributed by atoms with Gasteiger partial charge in [0.25, 0.3) is 0 Å². The third-order valence-electron chi connectivity index (χ3n) is 6.47. The van der Waals surface area contributed by atoms with Crippen molar-refractivity contribution < 1.29 is 27.1 Å². The SMILES string of the molecule is CCC[C@@H](C(=O)NC1CCCCC1)N(C[C@@H]1CCCO1)C(=O)CNS(=O)(=O)c1ccc(F)cc1. The van der Waals surface area contributed by atoms with Gasteiger partial charge < -0.3 is 15.0 Å². The molecule has 1 heterocycles. The smallest absolute Gasteiger partial charge is 0.243 e. The average Bonchev–Trinajstić information content (AvgIpc) is 3.34. The monoisotopic (exact) mass is 497 g/mol. The molecule has 2 N–H and O–H groups in total. The summed E-state index contributed by atoms with van der Waals surface area (Å²) in [4.78, 5) is 27.9. The van der Waals surface area contributed by atoms with Crippen molar-refractivity contribution >= 4 is 21.8 Å². The van der Waals surface area contributed by atoms with E-state index in [-0.39, 0.29) is 29.5 Å². The Hall–Kier alpha value is -2.04. The topological polar surface area (TPSA) is 105 Å². The average molecular weight is 498 g/mol. The summed E-state index contributed by atoms with van der Waals surface area (Å²) in [6.07, 6.45) is 7.84. The summed E-state index contributed by atoms with van der Waals surface area (Å²) in [5.74, 6) is -1.23. The molecule has 190 valence electrons. The van der Waals surface area contributed by atoms with Crippen molar-refractivity contribution in [3.63, 3.8) is 0 Å². The van der Waals surface area contributed by atoms with E-state index in [4.69, 9.17) is 4.74 Å². The molecule has 3 rings (SSSR count). The van der Waals surface area contributed by atoms with Gasteiger partial charge in [0.1, 0.15) is 11.9 Å². The first-order chi connectivity index (χ1) is 16.3. The molecule has 0 bridgehead atoms. The zero-order chi connectivity index (χ0) is 24.6. The van der Waals surface area contributed by atoms with Gasteiger partial charge in [-0.05, 0) is 56.4 Å². The second-order valence-corrected chi connectivity index (χ2v) is 10.9. The number of rotatable bonds is 11. The highest BCUT2D eigenvalue weighted by atomic mass is 32.2. The van der Waals surface area contributed by atoms with E-state index < -0.39 is 34.3 Å². The zero-order valence-electron chi connectivity index (χ0n) is 19.8. The number of carbonyl (C=O) groups is 2. The van der Waals surface area contributed by atoms with Gasteiger partial charge in [-0.2, -0.15) is 0 Å². The number of ether oxygens (including phenoxy) is 1. The molecule has 0 unspecified atom stereocenters. The number of amides is 2. The minimum atomic E-state index is -4.01. The van der Waals surface area contributed by atoms with E-state index in [1.807, 2.05) is 6.92 Å². The van der Waals surface area contributed by atoms with Crippen molar-refractivity contribution in [1.82, 2.24) is 14.9 Å². The van der Waals surface area contributed by atoms with Gasteiger partial charge in [-0.3, -0.25) is 9.59 Å². The van der Waals surface area contributed by atoms with Crippen molar-refractivity contribution in [2.24, 2.45) is 0 Å². The van der Waals surface area contributed by atoms with Crippen LogP contribution in [0.4, 0.5) is 4.39 Å². The van der Waals surface area contributed by atoms with Crippen molar-refractivity contribution in [2.45, 2.75) is 87.8 Å². The molecule has 0 aromatic heterocycles. The van der Waals surface area contributed by atoms with Crippen molar-refractivity contribution in [2.75, 3.05) is 19.7 Å². The van der Waals surface area contributed by atoms with E-state index in [9.17, 15) is 22.4 Å². The fourth-order valence-electron chi connectivity index (χ4n) is 4.61. The Morgan fingerprint density at radius 2 is 1.82 bits per heavy atom. The highest BCUT2D eigenvalue weighted by molar-refractivity contribution is 7.89. The fraction of sp³-hybridized carbons (Fsp3) is 0.667. The quantitative estimate of drug-likeness (QED) is 0.489. The van der Waals surface area contributed by atoms with E-state index in [0.717, 1.165) is 62.8 Å². The Kier molecular flexibility index (Phi) is 9.85. The van der Waals surface area contributed by atoms with E-state index in [1.54, 1.807) is 0 Å². The summed E-state index contributed by atoms with van der Waals surface area (Å²) in [6, 6.07) is 3.80. The summed E-state index contributed by atoms with van der Waals surface area (Å²) < 4.78 is 46.4. The van der Waals surface area contributed by atoms with Crippen LogP contribution >= 0.6 is 0 Å². The zero-order valence-corrected chi connectivity index (χ0v) is 20.6. The molecule has 8 nitrogen and oxygen atoms in total. The second kappa shape index (κ2) is 12.6. The van der Waals surface area contributed by atoms with E-state index >= 15 is 0 Å². The van der Waals surface area contributed by atoms with E-state index in [0.29, 0.717) is 19.4 Å². The van der Waals surface area contributed by atoms with Crippen molar-refractivity contribution in [3.05, 3.63) is 30.1 Å². The van der Waals surface area contributed by atoms with Crippen LogP contribution in [-0.2, 0) is 24.3 Å². The Labute approximate surface area is 201 Å². The Morgan fingerprint density at radius 1 is 1.12 bits per heavy atom. The van der Waals surface area contributed by atoms with Gasteiger partial charge >= 0.3 is 0 Å². The molecule has 1 aromatic carbocycles. The molecule has 2 fully saturated rings. The lowest BCUT2D eigenvalue weighted by molar-refractivity contribution is -0.142. The van der Waals surface area contributed by atoms with Crippen LogP contribution in [-0.4, -0.2) is 63.0 Å². The number of sulfonamides is 1. The summed E-state index contributed by atoms with van der Waals surface area (Å²) in [7, 11) is -4.01. The predicted octanol–water partition coefficient (Wildman–Crippen LogP) is 2.73. The molecule has 1 saturated carbocycles. The molecule has 1 aliphatic heterocycles. The van der Waals surface area contributed by atoms with Gasteiger partial charge in [-0.25, -0.2) is 17.5 Å². The summed E-state index contributed by atoms with van der Waals surface area (Å²) >= 11 is 0. The molecule has 34 heavy (non-hydrogen) atoms. The maximum Gasteiger partial charge on any atom is 0.243 e. The van der Waals surface area contributed by atoms with Crippen molar-refractivity contribution in [1.29, 1.82) is 0 Å². The molecule has 1 aromatic rings. The Bertz CT molecular complexity index is 913. The van der Waals surface area contributed by atoms with Crippen molar-refractivity contribution in [3.8, 4) is 0 Å². The third-order valence-corrected chi connectivity index (χ3v) is 7.89. The van der Waals surface area contributed by atoms with Crippen LogP contribution in [0.15, 0.2) is 29.2 Å². The summed E-state index contributed by atoms with van der Waals surface area (Å²) in [6.45, 7) is 2.30. The van der Waals surface area contributed by atoms with Gasteiger partial charge in [0.15, 0.2) is 0 Å². The third kappa shape index (κ3) is 7.48. The number of carbonyl (C=O) groups excluding carboxylic acids is 2. The molecule has 2 aliphatic rings. The highest BCUT2D eigenvalue weighted by Gasteiger charge is 2.34. The number of hydrogen-bond acceptors (Lipinski definition) is 5. The van der Waals surface area contributed by atoms with Gasteiger partial charge in [0, 0.05) is 19.2 Å². The first-order valence-electron chi connectivity index (χ1n) is 12.3. The molecule has 1 aliphatic carbocycles. The van der Waals surface area contributed by atoms with Crippen LogP contribution in [0, 0.1) is 5.82 Å². The predicted molar refractivity (Wildman–Crippen MR) is 126 cm³/mol. The normalized spacial score (nSPS) is 20.1. The lowest BCUT2D eigenvalue weighted by Crippen LogP contribution is -2.55. The molecule has 0 radical (unpaired) electrons. The fourth-order valence-corrected chi connectivity index (χ4v) is 5.59. The number of benzene rings is 1. The van der Waals surface area contributed by atoms with Gasteiger partial charge in [0.05, 0.1) is 17.5 Å². The van der Waals surface area contributed by atoms with Crippen LogP contribution in [0.25, 0.3) is 0 Å². The van der Waals surface area contributed by atoms with Crippen LogP contribution in [0.3, 0.4) is 0 Å². The lowest BCUT2D eigenvalue weighted by atomic mass is 9.95. The maximum absolute atomic E-state index is 13.3. The number of hydrogen-bond donors (Lipinski definition) is 2. The van der Waals surface area contributed by atoms with Crippen LogP contribution in [0.2, 0.25) is 0 Å². The Balaban J connectivity index is 1.73. The van der Waals surface area contributed by atoms with Gasteiger partial charge in [-0.1, -0.05) is 32.6 Å². The second-order valence-electron chi connectivity index (χ2n) is 9.11. The Morgan fingerprint density at radius 3 is 2.44 bits per heavy atom. The molecule has 10 heteroatoms. The minimum Gasteiger partial charge on any atom is -0.376 e. The lowest BCUT2D eigenvalue weighted by Gasteiger charge is -2.34. The molecular formula is C24H36FN3O5S. The first-order valence-corrected chi connectivity index (χ1v) is 13.7. The molecule has 0 spiro atoms. The molecule has 2 amide bonds. The van der Waals surface area contributed by atoms with E-state index in [2.05, 4.69) is 10.0 Å². The minimum absolute atomic E-state index is 0.109. The molecular weight excluding hydrogens is 461 g/mol. The van der Waals surface area contributed by atoms with Crippen LogP contribution in [0.5, 0.6) is 0 Å². The van der Waals surface area contributed by atoms with Gasteiger partial charge in [0.2, 0.25) is 21.8 Å². The van der Waals surface area contributed by atoms with E-state index in [1.165, 1.54) is 11.3 Å². The summed E-state index contributed by atoms with van der Waals surface area (Å²) in [5, 5.41) is 3.12. The first kappa shape index (κ1) is 26.6. The molecule has 2 atom stereocenters. The maximum atomic E-state index is 13.3. The van der Waals surface area contributed by atoms with Gasteiger partial charge in [-0.15, -0.1) is 0 Å². The number of nitrogens with one attached hydrogen (secondary N) is 2. The van der Waals surface area contributed by atoms with Crippen LogP contribution < -0.4 is 10.0 Å². The number of nitrogens with zero attached hydrogens (tertiary/aromatic N) is 1. The highest BCUT2D eigenvalue weighted by Crippen LogP contribution is 2.20. The van der Waals surface area contributed by atoms with Crippen LogP contribution in [0.1, 0.15) is 64.7 Å². The number of halogens is 1. The molecule has 1 saturated heterocycles. The standard InChI is InChI=1S/C24H36FN3O5S/c1-2-7-22(24(30)27-19-8-4-3-5-9-19)28(17-20-10-6-15-33-20)23(29)16-26-34(31,32)21-13-11-18(25)12-14-21/h11-14,19-20,22,26H,2-10,15-17H2,1H3,(H,27,30)/t20-,22-/m0/s1. The largest absolute Gasteiger partial charge is 0.376 e. The summed E-state index contributed by atoms with van der Waals surface area (Å²) in [5.41, 5.74) is 0.